The van der Waals surface area contributed by atoms with Crippen LogP contribution in [-0.4, -0.2) is 76.9 Å². The third-order valence-corrected chi connectivity index (χ3v) is 6.98. The molecule has 1 atom stereocenters. The molecule has 1 aliphatic heterocycles. The van der Waals surface area contributed by atoms with Gasteiger partial charge in [-0.25, -0.2) is 4.98 Å². The number of nitrogens with zero attached hydrogens (tertiary/aromatic N) is 4. The predicted molar refractivity (Wildman–Crippen MR) is 150 cm³/mol. The van der Waals surface area contributed by atoms with Crippen LogP contribution in [0.1, 0.15) is 55.6 Å². The lowest BCUT2D eigenvalue weighted by Crippen LogP contribution is -2.32. The summed E-state index contributed by atoms with van der Waals surface area (Å²) < 4.78 is 13.3. The van der Waals surface area contributed by atoms with Crippen molar-refractivity contribution in [2.75, 3.05) is 40.9 Å². The number of ketones is 1. The van der Waals surface area contributed by atoms with E-state index in [1.807, 2.05) is 43.3 Å². The standard InChI is InChI=1S/C30H38N4O5/c1-6-7-10-18-39-22-14-13-21(19-23(22)38-5)27-25(29(36)30(37)34(27)17-11-15-32(3)4)28(35)26-20(2)31-24-12-8-9-16-33(24)26/h8-9,12-14,16,19,27,35H,6-7,10-11,15,17-18H2,1-5H3. The van der Waals surface area contributed by atoms with Crippen LogP contribution in [0, 0.1) is 6.92 Å². The number of likely N-dealkylation sites (tertiary alicyclic amines) is 1. The first-order valence-electron chi connectivity index (χ1n) is 13.5. The number of unbranched alkanes of at least 4 members (excludes halogenated alkanes) is 2. The summed E-state index contributed by atoms with van der Waals surface area (Å²) >= 11 is 0. The number of hydrogen-bond acceptors (Lipinski definition) is 7. The van der Waals surface area contributed by atoms with Gasteiger partial charge in [0.25, 0.3) is 11.7 Å². The van der Waals surface area contributed by atoms with E-state index in [9.17, 15) is 14.7 Å². The predicted octanol–water partition coefficient (Wildman–Crippen LogP) is 4.59. The number of aryl methyl sites for hydroxylation is 1. The highest BCUT2D eigenvalue weighted by atomic mass is 16.5. The van der Waals surface area contributed by atoms with Crippen LogP contribution in [-0.2, 0) is 9.59 Å². The van der Waals surface area contributed by atoms with Crippen LogP contribution in [0.3, 0.4) is 0 Å². The van der Waals surface area contributed by atoms with Crippen molar-refractivity contribution >= 4 is 23.1 Å². The maximum absolute atomic E-state index is 13.5. The van der Waals surface area contributed by atoms with Crippen molar-refractivity contribution in [3.8, 4) is 11.5 Å². The second-order valence-electron chi connectivity index (χ2n) is 10.1. The summed E-state index contributed by atoms with van der Waals surface area (Å²) in [6.07, 6.45) is 5.55. The lowest BCUT2D eigenvalue weighted by Gasteiger charge is -2.26. The van der Waals surface area contributed by atoms with E-state index in [1.54, 1.807) is 41.7 Å². The Morgan fingerprint density at radius 2 is 1.90 bits per heavy atom. The molecule has 9 nitrogen and oxygen atoms in total. The van der Waals surface area contributed by atoms with Crippen LogP contribution in [0.5, 0.6) is 11.5 Å². The molecule has 9 heteroatoms. The maximum Gasteiger partial charge on any atom is 0.295 e. The third-order valence-electron chi connectivity index (χ3n) is 6.98. The minimum absolute atomic E-state index is 0.0391. The number of carbonyl (C=O) groups excluding carboxylic acids is 2. The van der Waals surface area contributed by atoms with E-state index in [1.165, 1.54) is 0 Å². The summed E-state index contributed by atoms with van der Waals surface area (Å²) in [5.74, 6) is -0.492. The van der Waals surface area contributed by atoms with Crippen LogP contribution in [0.2, 0.25) is 0 Å². The monoisotopic (exact) mass is 534 g/mol. The van der Waals surface area contributed by atoms with E-state index in [4.69, 9.17) is 9.47 Å². The van der Waals surface area contributed by atoms with Gasteiger partial charge in [0.2, 0.25) is 0 Å². The molecule has 1 aromatic carbocycles. The number of aromatic nitrogens is 2. The van der Waals surface area contributed by atoms with Crippen LogP contribution in [0.15, 0.2) is 48.2 Å². The number of Topliss-reactive ketones (excluding diaryl/α,β-unsaturated/α-hetero) is 1. The summed E-state index contributed by atoms with van der Waals surface area (Å²) in [5.41, 5.74) is 2.29. The molecule has 0 radical (unpaired) electrons. The Hall–Kier alpha value is -3.85. The highest BCUT2D eigenvalue weighted by Crippen LogP contribution is 2.42. The van der Waals surface area contributed by atoms with E-state index in [0.29, 0.717) is 53.7 Å². The van der Waals surface area contributed by atoms with Crippen molar-refractivity contribution in [3.05, 3.63) is 65.1 Å². The van der Waals surface area contributed by atoms with Crippen molar-refractivity contribution in [1.29, 1.82) is 0 Å². The number of ether oxygens (including phenoxy) is 2. The molecule has 4 rings (SSSR count). The molecule has 1 N–H and O–H groups in total. The van der Waals surface area contributed by atoms with E-state index in [-0.39, 0.29) is 11.3 Å². The molecule has 1 unspecified atom stereocenters. The van der Waals surface area contributed by atoms with Gasteiger partial charge in [0.1, 0.15) is 11.3 Å². The van der Waals surface area contributed by atoms with Crippen molar-refractivity contribution in [1.82, 2.24) is 19.2 Å². The van der Waals surface area contributed by atoms with Gasteiger partial charge in [0.05, 0.1) is 31.0 Å². The van der Waals surface area contributed by atoms with Crippen molar-refractivity contribution in [2.24, 2.45) is 0 Å². The minimum atomic E-state index is -0.788. The van der Waals surface area contributed by atoms with Crippen LogP contribution in [0.25, 0.3) is 11.4 Å². The molecule has 1 saturated heterocycles. The summed E-state index contributed by atoms with van der Waals surface area (Å²) in [7, 11) is 5.49. The SMILES string of the molecule is CCCCCOc1ccc(C2C(=C(O)c3c(C)nc4ccccn34)C(=O)C(=O)N2CCCN(C)C)cc1OC. The first-order valence-corrected chi connectivity index (χ1v) is 13.5. The number of aliphatic hydroxyl groups excluding tert-OH is 1. The Bertz CT molecular complexity index is 1380. The Morgan fingerprint density at radius 1 is 1.10 bits per heavy atom. The lowest BCUT2D eigenvalue weighted by molar-refractivity contribution is -0.139. The summed E-state index contributed by atoms with van der Waals surface area (Å²) in [5, 5.41) is 11.6. The highest BCUT2D eigenvalue weighted by molar-refractivity contribution is 6.46. The van der Waals surface area contributed by atoms with Gasteiger partial charge in [0.15, 0.2) is 17.3 Å². The first kappa shape index (κ1) is 28.2. The second kappa shape index (κ2) is 12.3. The molecule has 2 aromatic heterocycles. The number of pyridine rings is 1. The maximum atomic E-state index is 13.5. The van der Waals surface area contributed by atoms with Gasteiger partial charge in [-0.3, -0.25) is 14.0 Å². The fourth-order valence-corrected chi connectivity index (χ4v) is 5.05. The van der Waals surface area contributed by atoms with Gasteiger partial charge in [-0.1, -0.05) is 31.9 Å². The first-order chi connectivity index (χ1) is 18.8. The van der Waals surface area contributed by atoms with E-state index in [0.717, 1.165) is 25.8 Å². The summed E-state index contributed by atoms with van der Waals surface area (Å²) in [6, 6.07) is 10.1. The average molecular weight is 535 g/mol. The Balaban J connectivity index is 1.81. The molecular formula is C30H38N4O5. The highest BCUT2D eigenvalue weighted by Gasteiger charge is 2.46. The molecule has 1 aliphatic rings. The van der Waals surface area contributed by atoms with Crippen molar-refractivity contribution in [3.63, 3.8) is 0 Å². The molecular weight excluding hydrogens is 496 g/mol. The smallest absolute Gasteiger partial charge is 0.295 e. The zero-order valence-electron chi connectivity index (χ0n) is 23.4. The number of amides is 1. The summed E-state index contributed by atoms with van der Waals surface area (Å²) in [6.45, 7) is 5.58. The van der Waals surface area contributed by atoms with E-state index in [2.05, 4.69) is 11.9 Å². The Kier molecular flexibility index (Phi) is 8.91. The van der Waals surface area contributed by atoms with Crippen molar-refractivity contribution < 1.29 is 24.2 Å². The molecule has 1 fully saturated rings. The number of aliphatic hydroxyl groups is 1. The van der Waals surface area contributed by atoms with Gasteiger partial charge in [-0.2, -0.15) is 0 Å². The van der Waals surface area contributed by atoms with Crippen molar-refractivity contribution in [2.45, 2.75) is 45.6 Å². The molecule has 39 heavy (non-hydrogen) atoms. The second-order valence-corrected chi connectivity index (χ2v) is 10.1. The molecule has 3 aromatic rings. The number of hydrogen-bond donors (Lipinski definition) is 1. The number of carbonyl (C=O) groups is 2. The zero-order chi connectivity index (χ0) is 28.1. The molecule has 0 spiro atoms. The number of benzene rings is 1. The zero-order valence-corrected chi connectivity index (χ0v) is 23.4. The molecule has 208 valence electrons. The molecule has 0 saturated carbocycles. The minimum Gasteiger partial charge on any atom is -0.505 e. The third kappa shape index (κ3) is 5.78. The van der Waals surface area contributed by atoms with Crippen LogP contribution >= 0.6 is 0 Å². The Morgan fingerprint density at radius 3 is 2.62 bits per heavy atom. The Labute approximate surface area is 229 Å². The van der Waals surface area contributed by atoms with Gasteiger partial charge < -0.3 is 24.4 Å². The van der Waals surface area contributed by atoms with Crippen LogP contribution < -0.4 is 9.47 Å². The van der Waals surface area contributed by atoms with Gasteiger partial charge in [-0.05, 0) is 70.2 Å². The van der Waals surface area contributed by atoms with Gasteiger partial charge in [-0.15, -0.1) is 0 Å². The number of rotatable bonds is 12. The van der Waals surface area contributed by atoms with E-state index >= 15 is 0 Å². The van der Waals surface area contributed by atoms with Crippen LogP contribution in [0.4, 0.5) is 0 Å². The molecule has 1 amide bonds. The van der Waals surface area contributed by atoms with E-state index < -0.39 is 17.7 Å². The lowest BCUT2D eigenvalue weighted by atomic mass is 9.95. The fraction of sp³-hybridized carbons (Fsp3) is 0.433. The number of fused-ring (bicyclic) bond motifs is 1. The molecule has 3 heterocycles. The number of methoxy groups -OCH3 is 1. The molecule has 0 bridgehead atoms. The normalized spacial score (nSPS) is 17.0. The summed E-state index contributed by atoms with van der Waals surface area (Å²) in [4.78, 5) is 35.0. The largest absolute Gasteiger partial charge is 0.505 e. The quantitative estimate of drug-likeness (QED) is 0.157. The number of imidazole rings is 1. The van der Waals surface area contributed by atoms with Gasteiger partial charge in [0, 0.05) is 12.7 Å². The topological polar surface area (TPSA) is 96.6 Å². The fourth-order valence-electron chi connectivity index (χ4n) is 5.05. The average Bonchev–Trinajstić information content (AvgIpc) is 3.39. The molecule has 0 aliphatic carbocycles. The van der Waals surface area contributed by atoms with Gasteiger partial charge >= 0.3 is 0 Å².